The standard InChI is InChI=1S/C16H16N2O3/c19-18(20)14-5-9-16(10-6-14)21-15-7-1-12(2-8-15)11-17-13-3-4-13/h1-2,5-10,13,17H,3-4,11H2. The van der Waals surface area contributed by atoms with E-state index in [1.54, 1.807) is 12.1 Å². The maximum atomic E-state index is 10.6. The molecule has 2 aromatic rings. The number of nitrogens with one attached hydrogen (secondary N) is 1. The Morgan fingerprint density at radius 1 is 1.05 bits per heavy atom. The number of rotatable bonds is 6. The SMILES string of the molecule is O=[N+]([O-])c1ccc(Oc2ccc(CNC3CC3)cc2)cc1. The molecular weight excluding hydrogens is 268 g/mol. The van der Waals surface area contributed by atoms with Gasteiger partial charge in [0.05, 0.1) is 4.92 Å². The van der Waals surface area contributed by atoms with Crippen molar-refractivity contribution in [3.8, 4) is 11.5 Å². The number of hydrogen-bond donors (Lipinski definition) is 1. The lowest BCUT2D eigenvalue weighted by Crippen LogP contribution is -2.14. The van der Waals surface area contributed by atoms with Crippen LogP contribution in [0.15, 0.2) is 48.5 Å². The smallest absolute Gasteiger partial charge is 0.269 e. The molecule has 1 N–H and O–H groups in total. The molecule has 2 aromatic carbocycles. The molecule has 0 unspecified atom stereocenters. The van der Waals surface area contributed by atoms with Gasteiger partial charge in [0.1, 0.15) is 11.5 Å². The van der Waals surface area contributed by atoms with E-state index in [4.69, 9.17) is 4.74 Å². The lowest BCUT2D eigenvalue weighted by molar-refractivity contribution is -0.384. The topological polar surface area (TPSA) is 64.4 Å². The van der Waals surface area contributed by atoms with Crippen molar-refractivity contribution in [3.63, 3.8) is 0 Å². The molecule has 0 aliphatic heterocycles. The molecule has 0 amide bonds. The van der Waals surface area contributed by atoms with Crippen LogP contribution in [0.3, 0.4) is 0 Å². The third kappa shape index (κ3) is 3.79. The van der Waals surface area contributed by atoms with Gasteiger partial charge in [0.15, 0.2) is 0 Å². The molecule has 1 aliphatic carbocycles. The maximum absolute atomic E-state index is 10.6. The molecule has 0 aromatic heterocycles. The van der Waals surface area contributed by atoms with Crippen LogP contribution in [0.2, 0.25) is 0 Å². The van der Waals surface area contributed by atoms with Crippen molar-refractivity contribution in [3.05, 3.63) is 64.2 Å². The molecule has 21 heavy (non-hydrogen) atoms. The molecule has 5 heteroatoms. The van der Waals surface area contributed by atoms with Gasteiger partial charge in [-0.05, 0) is 42.7 Å². The summed E-state index contributed by atoms with van der Waals surface area (Å²) in [5.41, 5.74) is 1.28. The molecule has 3 rings (SSSR count). The van der Waals surface area contributed by atoms with E-state index in [9.17, 15) is 10.1 Å². The van der Waals surface area contributed by atoms with E-state index < -0.39 is 4.92 Å². The van der Waals surface area contributed by atoms with Gasteiger partial charge in [-0.3, -0.25) is 10.1 Å². The van der Waals surface area contributed by atoms with Crippen molar-refractivity contribution < 1.29 is 9.66 Å². The second kappa shape index (κ2) is 5.93. The monoisotopic (exact) mass is 284 g/mol. The van der Waals surface area contributed by atoms with Gasteiger partial charge < -0.3 is 10.1 Å². The van der Waals surface area contributed by atoms with Crippen molar-refractivity contribution in [1.82, 2.24) is 5.32 Å². The molecule has 0 atom stereocenters. The quantitative estimate of drug-likeness (QED) is 0.649. The second-order valence-electron chi connectivity index (χ2n) is 5.15. The van der Waals surface area contributed by atoms with E-state index >= 15 is 0 Å². The van der Waals surface area contributed by atoms with Crippen LogP contribution in [0.5, 0.6) is 11.5 Å². The van der Waals surface area contributed by atoms with Gasteiger partial charge in [-0.1, -0.05) is 12.1 Å². The molecule has 0 saturated heterocycles. The molecule has 1 saturated carbocycles. The summed E-state index contributed by atoms with van der Waals surface area (Å²) in [7, 11) is 0. The average Bonchev–Trinajstić information content (AvgIpc) is 3.31. The van der Waals surface area contributed by atoms with Crippen LogP contribution in [-0.4, -0.2) is 11.0 Å². The Kier molecular flexibility index (Phi) is 3.83. The van der Waals surface area contributed by atoms with Crippen LogP contribution in [0.25, 0.3) is 0 Å². The minimum atomic E-state index is -0.425. The Morgan fingerprint density at radius 2 is 1.62 bits per heavy atom. The van der Waals surface area contributed by atoms with Crippen molar-refractivity contribution in [2.75, 3.05) is 0 Å². The van der Waals surface area contributed by atoms with Crippen molar-refractivity contribution in [2.24, 2.45) is 0 Å². The number of hydrogen-bond acceptors (Lipinski definition) is 4. The first kappa shape index (κ1) is 13.6. The first-order chi connectivity index (χ1) is 10.2. The molecular formula is C16H16N2O3. The van der Waals surface area contributed by atoms with E-state index in [2.05, 4.69) is 5.32 Å². The summed E-state index contributed by atoms with van der Waals surface area (Å²) in [5.74, 6) is 1.31. The van der Waals surface area contributed by atoms with Crippen LogP contribution in [-0.2, 0) is 6.54 Å². The number of nitro benzene ring substituents is 1. The first-order valence-corrected chi connectivity index (χ1v) is 6.95. The summed E-state index contributed by atoms with van der Waals surface area (Å²) in [4.78, 5) is 10.2. The molecule has 0 bridgehead atoms. The van der Waals surface area contributed by atoms with Crippen LogP contribution < -0.4 is 10.1 Å². The Balaban J connectivity index is 1.59. The summed E-state index contributed by atoms with van der Waals surface area (Å²) >= 11 is 0. The van der Waals surface area contributed by atoms with Crippen molar-refractivity contribution >= 4 is 5.69 Å². The Hall–Kier alpha value is -2.40. The lowest BCUT2D eigenvalue weighted by Gasteiger charge is -2.07. The van der Waals surface area contributed by atoms with E-state index in [1.807, 2.05) is 24.3 Å². The third-order valence-electron chi connectivity index (χ3n) is 3.38. The van der Waals surface area contributed by atoms with Crippen molar-refractivity contribution in [2.45, 2.75) is 25.4 Å². The molecule has 1 fully saturated rings. The van der Waals surface area contributed by atoms with E-state index in [0.717, 1.165) is 12.3 Å². The Labute approximate surface area is 122 Å². The first-order valence-electron chi connectivity index (χ1n) is 6.95. The van der Waals surface area contributed by atoms with E-state index in [0.29, 0.717) is 11.8 Å². The summed E-state index contributed by atoms with van der Waals surface area (Å²) in [5, 5.41) is 14.0. The average molecular weight is 284 g/mol. The number of nitrogens with zero attached hydrogens (tertiary/aromatic N) is 1. The molecule has 1 aliphatic rings. The van der Waals surface area contributed by atoms with E-state index in [1.165, 1.54) is 30.5 Å². The minimum absolute atomic E-state index is 0.0591. The number of non-ortho nitro benzene ring substituents is 1. The van der Waals surface area contributed by atoms with Crippen LogP contribution in [0.4, 0.5) is 5.69 Å². The second-order valence-corrected chi connectivity index (χ2v) is 5.15. The highest BCUT2D eigenvalue weighted by Gasteiger charge is 2.19. The Morgan fingerprint density at radius 3 is 2.14 bits per heavy atom. The zero-order valence-corrected chi connectivity index (χ0v) is 11.5. The van der Waals surface area contributed by atoms with E-state index in [-0.39, 0.29) is 5.69 Å². The molecule has 0 spiro atoms. The highest BCUT2D eigenvalue weighted by molar-refractivity contribution is 5.39. The minimum Gasteiger partial charge on any atom is -0.457 e. The van der Waals surface area contributed by atoms with Crippen molar-refractivity contribution in [1.29, 1.82) is 0 Å². The summed E-state index contributed by atoms with van der Waals surface area (Å²) < 4.78 is 5.66. The Bertz CT molecular complexity index is 619. The molecule has 5 nitrogen and oxygen atoms in total. The zero-order chi connectivity index (χ0) is 14.7. The van der Waals surface area contributed by atoms with Gasteiger partial charge in [0.25, 0.3) is 5.69 Å². The van der Waals surface area contributed by atoms with Gasteiger partial charge in [-0.15, -0.1) is 0 Å². The lowest BCUT2D eigenvalue weighted by atomic mass is 10.2. The fourth-order valence-electron chi connectivity index (χ4n) is 2.00. The van der Waals surface area contributed by atoms with Gasteiger partial charge in [0, 0.05) is 24.7 Å². The number of benzene rings is 2. The van der Waals surface area contributed by atoms with Crippen LogP contribution in [0, 0.1) is 10.1 Å². The van der Waals surface area contributed by atoms with Crippen LogP contribution >= 0.6 is 0 Å². The highest BCUT2D eigenvalue weighted by Crippen LogP contribution is 2.24. The fourth-order valence-corrected chi connectivity index (χ4v) is 2.00. The number of ether oxygens (including phenoxy) is 1. The maximum Gasteiger partial charge on any atom is 0.269 e. The fraction of sp³-hybridized carbons (Fsp3) is 0.250. The third-order valence-corrected chi connectivity index (χ3v) is 3.38. The largest absolute Gasteiger partial charge is 0.457 e. The predicted octanol–water partition coefficient (Wildman–Crippen LogP) is 3.64. The van der Waals surface area contributed by atoms with Gasteiger partial charge >= 0.3 is 0 Å². The molecule has 0 heterocycles. The predicted molar refractivity (Wildman–Crippen MR) is 79.5 cm³/mol. The normalized spacial score (nSPS) is 13.9. The molecule has 108 valence electrons. The van der Waals surface area contributed by atoms with Gasteiger partial charge in [-0.25, -0.2) is 0 Å². The van der Waals surface area contributed by atoms with Gasteiger partial charge in [0.2, 0.25) is 0 Å². The zero-order valence-electron chi connectivity index (χ0n) is 11.5. The van der Waals surface area contributed by atoms with Crippen LogP contribution in [0.1, 0.15) is 18.4 Å². The summed E-state index contributed by atoms with van der Waals surface area (Å²) in [6, 6.07) is 14.6. The van der Waals surface area contributed by atoms with Gasteiger partial charge in [-0.2, -0.15) is 0 Å². The summed E-state index contributed by atoms with van der Waals surface area (Å²) in [6.07, 6.45) is 2.56. The highest BCUT2D eigenvalue weighted by atomic mass is 16.6. The molecule has 0 radical (unpaired) electrons. The summed E-state index contributed by atoms with van der Waals surface area (Å²) in [6.45, 7) is 0.877. The number of nitro groups is 1.